The average molecular weight is 544 g/mol. The van der Waals surface area contributed by atoms with Crippen LogP contribution >= 0.6 is 0 Å². The number of nitrogens with zero attached hydrogens (tertiary/aromatic N) is 2. The number of likely N-dealkylation sites (tertiary alicyclic amines) is 1. The fraction of sp³-hybridized carbons (Fsp3) is 0.536. The highest BCUT2D eigenvalue weighted by molar-refractivity contribution is 6.24. The second kappa shape index (κ2) is 9.42. The first-order chi connectivity index (χ1) is 18.3. The zero-order chi connectivity index (χ0) is 28.5. The van der Waals surface area contributed by atoms with Crippen molar-refractivity contribution < 1.29 is 39.2 Å². The Balaban J connectivity index is 1.62. The molecule has 1 fully saturated rings. The van der Waals surface area contributed by atoms with Gasteiger partial charge in [0.05, 0.1) is 11.6 Å². The highest BCUT2D eigenvalue weighted by Crippen LogP contribution is 2.52. The fourth-order valence-electron chi connectivity index (χ4n) is 7.08. The van der Waals surface area contributed by atoms with E-state index in [4.69, 9.17) is 5.73 Å². The minimum absolute atomic E-state index is 0.0211. The number of nitrogens with two attached hydrogens (primary N) is 1. The van der Waals surface area contributed by atoms with Gasteiger partial charge in [-0.15, -0.1) is 0 Å². The van der Waals surface area contributed by atoms with E-state index in [9.17, 15) is 34.8 Å². The minimum Gasteiger partial charge on any atom is -0.510 e. The van der Waals surface area contributed by atoms with Gasteiger partial charge < -0.3 is 26.2 Å². The molecule has 0 saturated carbocycles. The average Bonchev–Trinajstić information content (AvgIpc) is 2.85. The first-order valence-electron chi connectivity index (χ1n) is 13.2. The fourth-order valence-corrected chi connectivity index (χ4v) is 7.08. The van der Waals surface area contributed by atoms with Crippen LogP contribution in [0.15, 0.2) is 28.7 Å². The summed E-state index contributed by atoms with van der Waals surface area (Å²) in [6.07, 6.45) is 2.92. The summed E-state index contributed by atoms with van der Waals surface area (Å²) in [6, 6.07) is 0.379. The molecule has 4 aliphatic rings. The van der Waals surface area contributed by atoms with Gasteiger partial charge in [0.2, 0.25) is 5.78 Å². The Labute approximate surface area is 225 Å². The van der Waals surface area contributed by atoms with E-state index < -0.39 is 69.6 Å². The van der Waals surface area contributed by atoms with E-state index in [-0.39, 0.29) is 47.7 Å². The molecule has 0 aromatic heterocycles. The summed E-state index contributed by atoms with van der Waals surface area (Å²) >= 11 is 0. The summed E-state index contributed by atoms with van der Waals surface area (Å²) in [5, 5.41) is 44.6. The molecule has 6 N–H and O–H groups in total. The Bertz CT molecular complexity index is 1350. The first kappa shape index (κ1) is 27.3. The predicted octanol–water partition coefficient (Wildman–Crippen LogP) is 1.63. The number of Topliss-reactive ketones (excluding diaryl/α,β-unsaturated/α-hetero) is 2. The number of halogens is 1. The summed E-state index contributed by atoms with van der Waals surface area (Å²) in [5.41, 5.74) is 1.42. The molecule has 3 aliphatic carbocycles. The molecular weight excluding hydrogens is 509 g/mol. The normalized spacial score (nSPS) is 31.3. The number of carbonyl (C=O) groups is 3. The zero-order valence-electron chi connectivity index (χ0n) is 22.2. The van der Waals surface area contributed by atoms with Gasteiger partial charge in [0.15, 0.2) is 11.4 Å². The van der Waals surface area contributed by atoms with Crippen LogP contribution < -0.4 is 5.73 Å². The van der Waals surface area contributed by atoms with Gasteiger partial charge in [-0.1, -0.05) is 6.42 Å². The maximum atomic E-state index is 15.9. The Morgan fingerprint density at radius 2 is 1.92 bits per heavy atom. The van der Waals surface area contributed by atoms with Crippen molar-refractivity contribution in [2.24, 2.45) is 17.6 Å². The monoisotopic (exact) mass is 543 g/mol. The largest absolute Gasteiger partial charge is 0.510 e. The number of hydrogen-bond donors (Lipinski definition) is 5. The molecule has 1 aromatic carbocycles. The number of benzene rings is 1. The van der Waals surface area contributed by atoms with Crippen molar-refractivity contribution in [1.82, 2.24) is 9.80 Å². The molecule has 1 heterocycles. The third kappa shape index (κ3) is 3.89. The Hall–Kier alpha value is -3.28. The number of likely N-dealkylation sites (N-methyl/N-ethyl adjacent to an activating group) is 1. The van der Waals surface area contributed by atoms with E-state index in [1.165, 1.54) is 11.0 Å². The van der Waals surface area contributed by atoms with Crippen molar-refractivity contribution in [3.05, 3.63) is 51.2 Å². The van der Waals surface area contributed by atoms with Gasteiger partial charge in [-0.3, -0.25) is 24.2 Å². The Kier molecular flexibility index (Phi) is 6.60. The van der Waals surface area contributed by atoms with Crippen LogP contribution in [-0.2, 0) is 22.6 Å². The highest BCUT2D eigenvalue weighted by Gasteiger charge is 2.63. The van der Waals surface area contributed by atoms with Crippen LogP contribution in [0, 0.1) is 17.7 Å². The number of fused-ring (bicyclic) bond motifs is 3. The lowest BCUT2D eigenvalue weighted by Gasteiger charge is -2.50. The van der Waals surface area contributed by atoms with Crippen molar-refractivity contribution >= 4 is 17.5 Å². The molecule has 0 unspecified atom stereocenters. The van der Waals surface area contributed by atoms with Gasteiger partial charge in [0.25, 0.3) is 5.91 Å². The summed E-state index contributed by atoms with van der Waals surface area (Å²) in [4.78, 5) is 42.7. The van der Waals surface area contributed by atoms with E-state index in [2.05, 4.69) is 11.8 Å². The Morgan fingerprint density at radius 3 is 2.54 bits per heavy atom. The molecule has 1 aliphatic heterocycles. The molecule has 210 valence electrons. The molecule has 0 spiro atoms. The lowest BCUT2D eigenvalue weighted by atomic mass is 9.58. The zero-order valence-corrected chi connectivity index (χ0v) is 22.2. The number of phenolic OH excluding ortho intramolecular Hbond substituents is 1. The molecule has 39 heavy (non-hydrogen) atoms. The summed E-state index contributed by atoms with van der Waals surface area (Å²) in [6.45, 7) is 3.14. The molecule has 0 radical (unpaired) electrons. The van der Waals surface area contributed by atoms with Crippen LogP contribution in [0.1, 0.15) is 54.1 Å². The van der Waals surface area contributed by atoms with Crippen molar-refractivity contribution in [3.63, 3.8) is 0 Å². The quantitative estimate of drug-likeness (QED) is 0.355. The van der Waals surface area contributed by atoms with E-state index in [1.807, 2.05) is 0 Å². The molecule has 1 saturated heterocycles. The third-order valence-corrected chi connectivity index (χ3v) is 9.04. The van der Waals surface area contributed by atoms with E-state index in [0.717, 1.165) is 25.8 Å². The second-order valence-corrected chi connectivity index (χ2v) is 11.5. The number of carbonyl (C=O) groups excluding carboxylic acids is 3. The van der Waals surface area contributed by atoms with Crippen LogP contribution in [0.4, 0.5) is 4.39 Å². The van der Waals surface area contributed by atoms with Gasteiger partial charge in [-0.2, -0.15) is 0 Å². The Morgan fingerprint density at radius 1 is 1.23 bits per heavy atom. The summed E-state index contributed by atoms with van der Waals surface area (Å²) in [5.74, 6) is -8.11. The van der Waals surface area contributed by atoms with Crippen LogP contribution in [0.5, 0.6) is 5.75 Å². The molecular formula is C28H34FN3O7. The molecule has 5 rings (SSSR count). The number of hydrogen-bond acceptors (Lipinski definition) is 9. The molecule has 0 bridgehead atoms. The van der Waals surface area contributed by atoms with Gasteiger partial charge in [0.1, 0.15) is 28.7 Å². The second-order valence-electron chi connectivity index (χ2n) is 11.5. The summed E-state index contributed by atoms with van der Waals surface area (Å²) < 4.78 is 15.9. The van der Waals surface area contributed by atoms with Crippen molar-refractivity contribution in [2.45, 2.75) is 63.3 Å². The number of phenols is 1. The lowest BCUT2D eigenvalue weighted by Crippen LogP contribution is -2.63. The molecule has 5 atom stereocenters. The van der Waals surface area contributed by atoms with E-state index in [1.54, 1.807) is 14.1 Å². The number of ketones is 2. The number of aliphatic hydroxyl groups is 3. The van der Waals surface area contributed by atoms with Crippen molar-refractivity contribution in [2.75, 3.05) is 20.6 Å². The van der Waals surface area contributed by atoms with Crippen LogP contribution in [0.25, 0.3) is 0 Å². The van der Waals surface area contributed by atoms with E-state index >= 15 is 4.39 Å². The van der Waals surface area contributed by atoms with Gasteiger partial charge in [0, 0.05) is 35.2 Å². The smallest absolute Gasteiger partial charge is 0.255 e. The lowest BCUT2D eigenvalue weighted by molar-refractivity contribution is -0.148. The van der Waals surface area contributed by atoms with Gasteiger partial charge >= 0.3 is 0 Å². The van der Waals surface area contributed by atoms with E-state index in [0.29, 0.717) is 0 Å². The standard InChI is InChI=1S/C28H34FN3O7/c1-12-6-4-5-7-32(12)11-14-10-17(33)19-15(21(14)29)8-13-9-16-22(31(2)3)24(35)20(27(30)38)26(37)28(16,39)25(36)18(13)23(19)34/h10,12-13,16,22,33,35-36,39H,4-9,11H2,1-3H3,(H2,30,38)/t12-,13-,16-,22-,28-/m0/s1. The number of aliphatic hydroxyl groups excluding tert-OH is 2. The minimum atomic E-state index is -2.72. The van der Waals surface area contributed by atoms with Crippen molar-refractivity contribution in [1.29, 1.82) is 0 Å². The van der Waals surface area contributed by atoms with Crippen molar-refractivity contribution in [3.8, 4) is 5.75 Å². The number of piperidine rings is 1. The SMILES string of the molecule is C[C@H]1CCCCN1Cc1cc(O)c2c(c1F)C[C@H]1C[C@H]3[C@H](N(C)C)C(O)=C(C(N)=O)C(=O)[C@@]3(O)C(O)=C1C2=O. The first-order valence-corrected chi connectivity index (χ1v) is 13.2. The molecule has 11 heteroatoms. The number of aromatic hydroxyl groups is 1. The number of amides is 1. The topological polar surface area (TPSA) is 165 Å². The van der Waals surface area contributed by atoms with Crippen LogP contribution in [0.3, 0.4) is 0 Å². The number of allylic oxidation sites excluding steroid dienone is 1. The number of rotatable bonds is 4. The number of primary amides is 1. The highest BCUT2D eigenvalue weighted by atomic mass is 19.1. The molecule has 10 nitrogen and oxygen atoms in total. The van der Waals surface area contributed by atoms with Crippen LogP contribution in [-0.4, -0.2) is 86.0 Å². The molecule has 1 aromatic rings. The maximum absolute atomic E-state index is 15.9. The predicted molar refractivity (Wildman–Crippen MR) is 137 cm³/mol. The molecule has 1 amide bonds. The third-order valence-electron chi connectivity index (χ3n) is 9.04. The summed E-state index contributed by atoms with van der Waals surface area (Å²) in [7, 11) is 3.11. The van der Waals surface area contributed by atoms with Gasteiger partial charge in [-0.25, -0.2) is 4.39 Å². The van der Waals surface area contributed by atoms with Crippen LogP contribution in [0.2, 0.25) is 0 Å². The van der Waals surface area contributed by atoms with Gasteiger partial charge in [-0.05, 0) is 65.2 Å². The maximum Gasteiger partial charge on any atom is 0.255 e.